The molecule has 0 radical (unpaired) electrons. The van der Waals surface area contributed by atoms with Crippen LogP contribution in [0.5, 0.6) is 0 Å². The lowest BCUT2D eigenvalue weighted by atomic mass is 9.89. The molecule has 114 valence electrons. The van der Waals surface area contributed by atoms with E-state index in [-0.39, 0.29) is 6.03 Å². The zero-order valence-corrected chi connectivity index (χ0v) is 12.5. The molecule has 2 unspecified atom stereocenters. The van der Waals surface area contributed by atoms with E-state index in [1.165, 1.54) is 12.8 Å². The topological polar surface area (TPSA) is 60.9 Å². The minimum Gasteiger partial charge on any atom is -0.480 e. The van der Waals surface area contributed by atoms with Crippen molar-refractivity contribution in [2.45, 2.75) is 52.0 Å². The Balaban J connectivity index is 2.03. The zero-order valence-electron chi connectivity index (χ0n) is 12.5. The predicted molar refractivity (Wildman–Crippen MR) is 76.5 cm³/mol. The second kappa shape index (κ2) is 6.46. The number of amides is 2. The molecule has 20 heavy (non-hydrogen) atoms. The van der Waals surface area contributed by atoms with Crippen LogP contribution in [-0.4, -0.2) is 52.6 Å². The van der Waals surface area contributed by atoms with E-state index < -0.39 is 12.0 Å². The molecule has 0 aromatic heterocycles. The van der Waals surface area contributed by atoms with Crippen LogP contribution in [0.4, 0.5) is 4.79 Å². The van der Waals surface area contributed by atoms with Crippen LogP contribution in [0.2, 0.25) is 0 Å². The molecule has 1 saturated carbocycles. The van der Waals surface area contributed by atoms with Crippen LogP contribution in [0.15, 0.2) is 0 Å². The summed E-state index contributed by atoms with van der Waals surface area (Å²) in [5.41, 5.74) is 0. The zero-order chi connectivity index (χ0) is 14.7. The standard InChI is InChI=1S/C15H26N2O3/c1-3-11-7-8-17(13(9-11)14(18)19)15(20)16(4-2)10-12-5-6-12/h11-13H,3-10H2,1-2H3,(H,18,19). The van der Waals surface area contributed by atoms with Gasteiger partial charge in [0.25, 0.3) is 0 Å². The number of rotatable bonds is 5. The van der Waals surface area contributed by atoms with Gasteiger partial charge in [-0.15, -0.1) is 0 Å². The summed E-state index contributed by atoms with van der Waals surface area (Å²) in [6.45, 7) is 6.08. The van der Waals surface area contributed by atoms with E-state index in [2.05, 4.69) is 6.92 Å². The number of piperidine rings is 1. The maximum Gasteiger partial charge on any atom is 0.326 e. The van der Waals surface area contributed by atoms with Crippen molar-refractivity contribution >= 4 is 12.0 Å². The van der Waals surface area contributed by atoms with E-state index in [1.807, 2.05) is 11.8 Å². The van der Waals surface area contributed by atoms with Crippen LogP contribution >= 0.6 is 0 Å². The lowest BCUT2D eigenvalue weighted by Crippen LogP contribution is -2.54. The van der Waals surface area contributed by atoms with Crippen molar-refractivity contribution in [1.82, 2.24) is 9.80 Å². The Morgan fingerprint density at radius 2 is 1.90 bits per heavy atom. The van der Waals surface area contributed by atoms with Gasteiger partial charge in [0.2, 0.25) is 0 Å². The average Bonchev–Trinajstić information content (AvgIpc) is 3.27. The number of carboxylic acids is 1. The molecule has 5 nitrogen and oxygen atoms in total. The molecule has 0 aromatic rings. The molecule has 0 bridgehead atoms. The number of aliphatic carboxylic acids is 1. The van der Waals surface area contributed by atoms with Crippen LogP contribution in [0.3, 0.4) is 0 Å². The van der Waals surface area contributed by atoms with Gasteiger partial charge in [0.1, 0.15) is 6.04 Å². The van der Waals surface area contributed by atoms with Gasteiger partial charge in [-0.3, -0.25) is 0 Å². The number of likely N-dealkylation sites (tertiary alicyclic amines) is 1. The molecule has 2 rings (SSSR count). The fourth-order valence-electron chi connectivity index (χ4n) is 3.01. The van der Waals surface area contributed by atoms with E-state index >= 15 is 0 Å². The maximum atomic E-state index is 12.6. The number of carboxylic acid groups (broad SMARTS) is 1. The van der Waals surface area contributed by atoms with Crippen LogP contribution in [0.1, 0.15) is 46.0 Å². The molecular formula is C15H26N2O3. The van der Waals surface area contributed by atoms with Crippen molar-refractivity contribution in [1.29, 1.82) is 0 Å². The monoisotopic (exact) mass is 282 g/mol. The third-order valence-electron chi connectivity index (χ3n) is 4.65. The van der Waals surface area contributed by atoms with Gasteiger partial charge in [-0.2, -0.15) is 0 Å². The van der Waals surface area contributed by atoms with Crippen molar-refractivity contribution in [3.63, 3.8) is 0 Å². The summed E-state index contributed by atoms with van der Waals surface area (Å²) >= 11 is 0. The number of carbonyl (C=O) groups excluding carboxylic acids is 1. The van der Waals surface area contributed by atoms with Crippen LogP contribution in [0.25, 0.3) is 0 Å². The Kier molecular flexibility index (Phi) is 4.89. The average molecular weight is 282 g/mol. The van der Waals surface area contributed by atoms with Crippen molar-refractivity contribution in [3.8, 4) is 0 Å². The highest BCUT2D eigenvalue weighted by atomic mass is 16.4. The second-order valence-electron chi connectivity index (χ2n) is 6.11. The van der Waals surface area contributed by atoms with E-state index in [1.54, 1.807) is 4.90 Å². The summed E-state index contributed by atoms with van der Waals surface area (Å²) in [4.78, 5) is 27.5. The highest BCUT2D eigenvalue weighted by Gasteiger charge is 2.38. The Bertz CT molecular complexity index is 368. The van der Waals surface area contributed by atoms with Crippen molar-refractivity contribution in [2.75, 3.05) is 19.6 Å². The van der Waals surface area contributed by atoms with E-state index in [9.17, 15) is 14.7 Å². The minimum absolute atomic E-state index is 0.0821. The third-order valence-corrected chi connectivity index (χ3v) is 4.65. The van der Waals surface area contributed by atoms with Gasteiger partial charge < -0.3 is 14.9 Å². The second-order valence-corrected chi connectivity index (χ2v) is 6.11. The summed E-state index contributed by atoms with van der Waals surface area (Å²) in [7, 11) is 0. The molecule has 0 aromatic carbocycles. The Morgan fingerprint density at radius 3 is 2.40 bits per heavy atom. The lowest BCUT2D eigenvalue weighted by molar-refractivity contribution is -0.144. The number of nitrogens with zero attached hydrogens (tertiary/aromatic N) is 2. The van der Waals surface area contributed by atoms with Crippen LogP contribution in [-0.2, 0) is 4.79 Å². The fraction of sp³-hybridized carbons (Fsp3) is 0.867. The SMILES string of the molecule is CCC1CCN(C(=O)N(CC)CC2CC2)C(C(=O)O)C1. The van der Waals surface area contributed by atoms with Gasteiger partial charge in [-0.25, -0.2) is 9.59 Å². The molecule has 2 amide bonds. The Labute approximate surface area is 120 Å². The fourth-order valence-corrected chi connectivity index (χ4v) is 3.01. The molecule has 2 aliphatic rings. The molecule has 1 saturated heterocycles. The number of hydrogen-bond donors (Lipinski definition) is 1. The van der Waals surface area contributed by atoms with Crippen molar-refractivity contribution < 1.29 is 14.7 Å². The first-order valence-electron chi connectivity index (χ1n) is 7.85. The van der Waals surface area contributed by atoms with Crippen molar-refractivity contribution in [3.05, 3.63) is 0 Å². The largest absolute Gasteiger partial charge is 0.480 e. The van der Waals surface area contributed by atoms with Gasteiger partial charge in [-0.05, 0) is 44.4 Å². The molecule has 1 heterocycles. The molecule has 0 spiro atoms. The quantitative estimate of drug-likeness (QED) is 0.842. The number of hydrogen-bond acceptors (Lipinski definition) is 2. The summed E-state index contributed by atoms with van der Waals surface area (Å²) < 4.78 is 0. The summed E-state index contributed by atoms with van der Waals surface area (Å²) in [5, 5.41) is 9.41. The Morgan fingerprint density at radius 1 is 1.20 bits per heavy atom. The first kappa shape index (κ1) is 15.1. The molecule has 5 heteroatoms. The number of urea groups is 1. The normalized spacial score (nSPS) is 26.4. The van der Waals surface area contributed by atoms with Crippen LogP contribution in [0, 0.1) is 11.8 Å². The molecule has 2 fully saturated rings. The first-order valence-corrected chi connectivity index (χ1v) is 7.85. The van der Waals surface area contributed by atoms with E-state index in [4.69, 9.17) is 0 Å². The molecule has 1 aliphatic carbocycles. The highest BCUT2D eigenvalue weighted by molar-refractivity contribution is 5.83. The van der Waals surface area contributed by atoms with E-state index in [0.717, 1.165) is 19.4 Å². The smallest absolute Gasteiger partial charge is 0.326 e. The van der Waals surface area contributed by atoms with Gasteiger partial charge in [0.05, 0.1) is 0 Å². The third kappa shape index (κ3) is 3.44. The van der Waals surface area contributed by atoms with Crippen molar-refractivity contribution in [2.24, 2.45) is 11.8 Å². The van der Waals surface area contributed by atoms with Gasteiger partial charge in [0, 0.05) is 19.6 Å². The summed E-state index contributed by atoms with van der Waals surface area (Å²) in [6, 6.07) is -0.726. The minimum atomic E-state index is -0.862. The first-order chi connectivity index (χ1) is 9.56. The summed E-state index contributed by atoms with van der Waals surface area (Å²) in [5.74, 6) is 0.202. The lowest BCUT2D eigenvalue weighted by Gasteiger charge is -2.39. The maximum absolute atomic E-state index is 12.6. The molecule has 1 N–H and O–H groups in total. The van der Waals surface area contributed by atoms with Gasteiger partial charge in [-0.1, -0.05) is 13.3 Å². The molecule has 1 aliphatic heterocycles. The van der Waals surface area contributed by atoms with Gasteiger partial charge >= 0.3 is 12.0 Å². The van der Waals surface area contributed by atoms with Crippen LogP contribution < -0.4 is 0 Å². The number of carbonyl (C=O) groups is 2. The highest BCUT2D eigenvalue weighted by Crippen LogP contribution is 2.31. The summed E-state index contributed by atoms with van der Waals surface area (Å²) in [6.07, 6.45) is 4.91. The van der Waals surface area contributed by atoms with E-state index in [0.29, 0.717) is 31.3 Å². The Hall–Kier alpha value is -1.26. The predicted octanol–water partition coefficient (Wildman–Crippen LogP) is 2.41. The molecule has 2 atom stereocenters. The molecular weight excluding hydrogens is 256 g/mol. The van der Waals surface area contributed by atoms with Gasteiger partial charge in [0.15, 0.2) is 0 Å².